The van der Waals surface area contributed by atoms with Gasteiger partial charge in [0.05, 0.1) is 8.07 Å². The molecule has 0 saturated heterocycles. The second-order valence-corrected chi connectivity index (χ2v) is 18.1. The van der Waals surface area contributed by atoms with Gasteiger partial charge in [0, 0.05) is 16.3 Å². The lowest BCUT2D eigenvalue weighted by Crippen LogP contribution is -2.37. The Kier molecular flexibility index (Phi) is 6.55. The smallest absolute Gasteiger partial charge is 0.143 e. The molecule has 0 bridgehead atoms. The third kappa shape index (κ3) is 5.08. The minimum Gasteiger partial charge on any atom is -0.455 e. The van der Waals surface area contributed by atoms with Crippen LogP contribution in [0.15, 0.2) is 156 Å². The lowest BCUT2D eigenvalue weighted by molar-refractivity contribution is 0.670. The summed E-state index contributed by atoms with van der Waals surface area (Å²) in [6.45, 7) is 7.18. The van der Waals surface area contributed by atoms with Crippen LogP contribution >= 0.6 is 0 Å². The van der Waals surface area contributed by atoms with Crippen LogP contribution in [0.5, 0.6) is 0 Å². The summed E-state index contributed by atoms with van der Waals surface area (Å²) in [7, 11) is -1.29. The number of hydrogen-bond donors (Lipinski definition) is 0. The maximum Gasteiger partial charge on any atom is 0.143 e. The fraction of sp³-hybridized carbons (Fsp3) is 0.0698. The van der Waals surface area contributed by atoms with Crippen molar-refractivity contribution in [2.75, 3.05) is 0 Å². The molecule has 0 aliphatic rings. The van der Waals surface area contributed by atoms with E-state index in [0.29, 0.717) is 0 Å². The fourth-order valence-electron chi connectivity index (χ4n) is 6.44. The average Bonchev–Trinajstić information content (AvgIpc) is 3.47. The molecule has 0 spiro atoms. The Hall–Kier alpha value is -5.18. The molecule has 0 radical (unpaired) electrons. The van der Waals surface area contributed by atoms with E-state index in [1.165, 1.54) is 49.3 Å². The quantitative estimate of drug-likeness (QED) is 0.181. The molecule has 45 heavy (non-hydrogen) atoms. The van der Waals surface area contributed by atoms with Crippen molar-refractivity contribution in [3.05, 3.63) is 152 Å². The highest BCUT2D eigenvalue weighted by molar-refractivity contribution is 6.88. The zero-order chi connectivity index (χ0) is 30.5. The van der Waals surface area contributed by atoms with Crippen molar-refractivity contribution in [2.45, 2.75) is 19.6 Å². The largest absolute Gasteiger partial charge is 0.455 e. The highest BCUT2D eigenvalue weighted by Gasteiger charge is 2.16. The summed E-state index contributed by atoms with van der Waals surface area (Å²) in [5.74, 6) is 0. The Balaban J connectivity index is 1.04. The highest BCUT2D eigenvalue weighted by Crippen LogP contribution is 2.37. The van der Waals surface area contributed by atoms with Gasteiger partial charge >= 0.3 is 0 Å². The van der Waals surface area contributed by atoms with E-state index < -0.39 is 8.07 Å². The summed E-state index contributed by atoms with van der Waals surface area (Å²) in [6, 6.07) is 55.2. The second-order valence-electron chi connectivity index (χ2n) is 13.0. The van der Waals surface area contributed by atoms with Gasteiger partial charge in [-0.1, -0.05) is 158 Å². The molecule has 2 heteroatoms. The molecule has 216 valence electrons. The highest BCUT2D eigenvalue weighted by atomic mass is 28.3. The number of rotatable bonds is 5. The van der Waals surface area contributed by atoms with E-state index in [9.17, 15) is 0 Å². The molecule has 1 aromatic heterocycles. The summed E-state index contributed by atoms with van der Waals surface area (Å²) in [6.07, 6.45) is 0. The van der Waals surface area contributed by atoms with Crippen LogP contribution in [0.4, 0.5) is 0 Å². The Bertz CT molecular complexity index is 2320. The monoisotopic (exact) mass is 594 g/mol. The van der Waals surface area contributed by atoms with Crippen LogP contribution in [-0.4, -0.2) is 8.07 Å². The second kappa shape index (κ2) is 10.8. The van der Waals surface area contributed by atoms with Gasteiger partial charge in [-0.15, -0.1) is 0 Å². The molecule has 8 aromatic rings. The van der Waals surface area contributed by atoms with Gasteiger partial charge in [0.1, 0.15) is 11.2 Å². The molecule has 7 aromatic carbocycles. The minimum atomic E-state index is -1.29. The number of benzene rings is 7. The van der Waals surface area contributed by atoms with Crippen molar-refractivity contribution >= 4 is 46.0 Å². The molecule has 0 fully saturated rings. The van der Waals surface area contributed by atoms with E-state index in [2.05, 4.69) is 159 Å². The lowest BCUT2D eigenvalue weighted by Gasteiger charge is -2.16. The molecule has 0 saturated carbocycles. The van der Waals surface area contributed by atoms with E-state index in [-0.39, 0.29) is 0 Å². The number of fused-ring (bicyclic) bond motifs is 4. The molecule has 0 aliphatic carbocycles. The third-order valence-corrected chi connectivity index (χ3v) is 11.1. The van der Waals surface area contributed by atoms with Crippen molar-refractivity contribution in [1.29, 1.82) is 0 Å². The summed E-state index contributed by atoms with van der Waals surface area (Å²) >= 11 is 0. The maximum atomic E-state index is 6.28. The van der Waals surface area contributed by atoms with E-state index >= 15 is 0 Å². The number of furan rings is 1. The van der Waals surface area contributed by atoms with Crippen LogP contribution < -0.4 is 5.19 Å². The van der Waals surface area contributed by atoms with Gasteiger partial charge < -0.3 is 4.42 Å². The molecular formula is C43H34OSi. The molecule has 0 N–H and O–H groups in total. The topological polar surface area (TPSA) is 13.1 Å². The van der Waals surface area contributed by atoms with E-state index in [0.717, 1.165) is 33.1 Å². The van der Waals surface area contributed by atoms with Gasteiger partial charge in [0.2, 0.25) is 0 Å². The Morgan fingerprint density at radius 2 is 0.867 bits per heavy atom. The first-order chi connectivity index (χ1) is 21.9. The molecule has 1 nitrogen and oxygen atoms in total. The minimum absolute atomic E-state index is 0.927. The molecular weight excluding hydrogens is 561 g/mol. The number of para-hydroxylation sites is 2. The van der Waals surface area contributed by atoms with Crippen molar-refractivity contribution in [1.82, 2.24) is 0 Å². The first-order valence-corrected chi connectivity index (χ1v) is 19.2. The SMILES string of the molecule is C[Si](C)(C)c1ccc(-c2ccc(-c3ccc4cc(-c5ccc(-c6cccc7c6oc6ccccc67)cc5)ccc4c3)cc2)cc1. The van der Waals surface area contributed by atoms with Crippen molar-refractivity contribution < 1.29 is 4.42 Å². The summed E-state index contributed by atoms with van der Waals surface area (Å²) in [5.41, 5.74) is 11.6. The molecule has 0 aliphatic heterocycles. The first kappa shape index (κ1) is 27.4. The van der Waals surface area contributed by atoms with Gasteiger partial charge in [0.25, 0.3) is 0 Å². The first-order valence-electron chi connectivity index (χ1n) is 15.7. The van der Waals surface area contributed by atoms with Crippen molar-refractivity contribution in [3.8, 4) is 44.5 Å². The Morgan fingerprint density at radius 3 is 1.44 bits per heavy atom. The standard InChI is InChI=1S/C43H34OSi/c1-45(2,3)38-25-23-30(24-26-38)29-11-13-31(14-12-29)34-19-21-37-28-35(20-22-36(37)27-34)32-15-17-33(18-16-32)39-8-6-9-41-40-7-4-5-10-42(40)44-43(39)41/h4-28H,1-3H3. The van der Waals surface area contributed by atoms with Gasteiger partial charge in [0.15, 0.2) is 0 Å². The molecule has 0 unspecified atom stereocenters. The van der Waals surface area contributed by atoms with Gasteiger partial charge in [-0.3, -0.25) is 0 Å². The van der Waals surface area contributed by atoms with Crippen LogP contribution in [0.3, 0.4) is 0 Å². The van der Waals surface area contributed by atoms with Crippen LogP contribution in [0.1, 0.15) is 0 Å². The predicted molar refractivity (Wildman–Crippen MR) is 196 cm³/mol. The van der Waals surface area contributed by atoms with Crippen molar-refractivity contribution in [3.63, 3.8) is 0 Å². The summed E-state index contributed by atoms with van der Waals surface area (Å²) in [5, 5.41) is 6.30. The third-order valence-electron chi connectivity index (χ3n) is 9.08. The fourth-order valence-corrected chi connectivity index (χ4v) is 7.61. The molecule has 8 rings (SSSR count). The molecule has 1 heterocycles. The average molecular weight is 595 g/mol. The van der Waals surface area contributed by atoms with Crippen LogP contribution in [0, 0.1) is 0 Å². The lowest BCUT2D eigenvalue weighted by atomic mass is 9.95. The molecule has 0 amide bonds. The van der Waals surface area contributed by atoms with E-state index in [4.69, 9.17) is 4.42 Å². The molecule has 0 atom stereocenters. The zero-order valence-electron chi connectivity index (χ0n) is 25.8. The Labute approximate surface area is 265 Å². The van der Waals surface area contributed by atoms with E-state index in [1.54, 1.807) is 0 Å². The van der Waals surface area contributed by atoms with Crippen LogP contribution in [0.25, 0.3) is 77.2 Å². The normalized spacial score (nSPS) is 11.9. The van der Waals surface area contributed by atoms with Crippen LogP contribution in [-0.2, 0) is 0 Å². The number of hydrogen-bond acceptors (Lipinski definition) is 1. The maximum absolute atomic E-state index is 6.28. The summed E-state index contributed by atoms with van der Waals surface area (Å²) < 4.78 is 6.28. The van der Waals surface area contributed by atoms with E-state index in [1.807, 2.05) is 12.1 Å². The predicted octanol–water partition coefficient (Wildman–Crippen LogP) is 12.0. The van der Waals surface area contributed by atoms with Gasteiger partial charge in [-0.2, -0.15) is 0 Å². The Morgan fingerprint density at radius 1 is 0.400 bits per heavy atom. The summed E-state index contributed by atoms with van der Waals surface area (Å²) in [4.78, 5) is 0. The van der Waals surface area contributed by atoms with Gasteiger partial charge in [-0.05, 0) is 67.9 Å². The van der Waals surface area contributed by atoms with Crippen molar-refractivity contribution in [2.24, 2.45) is 0 Å². The van der Waals surface area contributed by atoms with Crippen LogP contribution in [0.2, 0.25) is 19.6 Å². The van der Waals surface area contributed by atoms with Gasteiger partial charge in [-0.25, -0.2) is 0 Å². The zero-order valence-corrected chi connectivity index (χ0v) is 26.8.